The van der Waals surface area contributed by atoms with Gasteiger partial charge in [-0.3, -0.25) is 4.79 Å². The fourth-order valence-corrected chi connectivity index (χ4v) is 6.46. The number of halogens is 3. The molecule has 1 saturated heterocycles. The summed E-state index contributed by atoms with van der Waals surface area (Å²) in [6, 6.07) is 14.2. The Morgan fingerprint density at radius 1 is 1.00 bits per heavy atom. The standard InChI is InChI=1S/C32H36F3N3O4/c1-37-17-15-21(19-37)14-16-36-27(39)20-38-26-18-24(30(40)42-31(41)32(33,34)35)12-13-25(26)28(22-8-4-2-5-9-22)29(38)23-10-6-3-7-11-23/h3,6-7,10-13,18,21-22H,2,4-5,8-9,14-17,19-20H2,1H3,(H,36,39). The Labute approximate surface area is 243 Å². The van der Waals surface area contributed by atoms with Gasteiger partial charge in [-0.15, -0.1) is 0 Å². The molecule has 1 saturated carbocycles. The van der Waals surface area contributed by atoms with Crippen molar-refractivity contribution < 1.29 is 32.3 Å². The van der Waals surface area contributed by atoms with Crippen molar-refractivity contribution in [3.05, 3.63) is 59.7 Å². The number of rotatable bonds is 8. The van der Waals surface area contributed by atoms with Crippen molar-refractivity contribution in [2.24, 2.45) is 5.92 Å². The zero-order chi connectivity index (χ0) is 29.9. The normalized spacial score (nSPS) is 18.3. The van der Waals surface area contributed by atoms with Crippen LogP contribution in [-0.4, -0.2) is 60.2 Å². The molecule has 7 nitrogen and oxygen atoms in total. The molecule has 1 N–H and O–H groups in total. The van der Waals surface area contributed by atoms with Gasteiger partial charge in [0.05, 0.1) is 16.8 Å². The maximum Gasteiger partial charge on any atom is 0.491 e. The number of amides is 1. The van der Waals surface area contributed by atoms with Gasteiger partial charge >= 0.3 is 18.1 Å². The number of aromatic nitrogens is 1. The number of alkyl halides is 3. The highest BCUT2D eigenvalue weighted by molar-refractivity contribution is 6.02. The quantitative estimate of drug-likeness (QED) is 0.258. The molecule has 1 amide bonds. The molecule has 0 bridgehead atoms. The van der Waals surface area contributed by atoms with Crippen LogP contribution in [0.4, 0.5) is 13.2 Å². The van der Waals surface area contributed by atoms with Gasteiger partial charge in [0.15, 0.2) is 0 Å². The fraction of sp³-hybridized carbons (Fsp3) is 0.469. The predicted molar refractivity (Wildman–Crippen MR) is 153 cm³/mol. The average Bonchev–Trinajstić information content (AvgIpc) is 3.53. The SMILES string of the molecule is CN1CCC(CCNC(=O)Cn2c(-c3ccccc3)c(C3CCCCC3)c3ccc(C(=O)OC(=O)C(F)(F)F)cc32)C1. The Kier molecular flexibility index (Phi) is 9.01. The molecule has 0 spiro atoms. The Morgan fingerprint density at radius 2 is 1.74 bits per heavy atom. The van der Waals surface area contributed by atoms with Crippen molar-refractivity contribution >= 4 is 28.7 Å². The van der Waals surface area contributed by atoms with E-state index in [2.05, 4.69) is 22.0 Å². The summed E-state index contributed by atoms with van der Waals surface area (Å²) in [6.07, 6.45) is 1.95. The summed E-state index contributed by atoms with van der Waals surface area (Å²) in [7, 11) is 2.09. The molecule has 1 atom stereocenters. The van der Waals surface area contributed by atoms with Crippen LogP contribution >= 0.6 is 0 Å². The fourth-order valence-electron chi connectivity index (χ4n) is 6.46. The second kappa shape index (κ2) is 12.7. The zero-order valence-electron chi connectivity index (χ0n) is 23.7. The number of hydrogen-bond donors (Lipinski definition) is 1. The van der Waals surface area contributed by atoms with Gasteiger partial charge in [0.1, 0.15) is 6.54 Å². The molecule has 224 valence electrons. The number of benzene rings is 2. The number of likely N-dealkylation sites (tertiary alicyclic amines) is 1. The Hall–Kier alpha value is -3.66. The van der Waals surface area contributed by atoms with E-state index in [0.717, 1.165) is 80.2 Å². The first kappa shape index (κ1) is 29.8. The van der Waals surface area contributed by atoms with Crippen LogP contribution in [0, 0.1) is 5.92 Å². The minimum absolute atomic E-state index is 0.0298. The molecular weight excluding hydrogens is 547 g/mol. The Bertz CT molecular complexity index is 1440. The summed E-state index contributed by atoms with van der Waals surface area (Å²) in [5, 5.41) is 3.88. The Morgan fingerprint density at radius 3 is 2.40 bits per heavy atom. The summed E-state index contributed by atoms with van der Waals surface area (Å²) in [4.78, 5) is 39.6. The van der Waals surface area contributed by atoms with E-state index in [-0.39, 0.29) is 23.9 Å². The summed E-state index contributed by atoms with van der Waals surface area (Å²) in [5.41, 5.74) is 3.19. The first-order valence-electron chi connectivity index (χ1n) is 14.6. The van der Waals surface area contributed by atoms with Crippen molar-refractivity contribution in [2.75, 3.05) is 26.7 Å². The van der Waals surface area contributed by atoms with Gasteiger partial charge in [0, 0.05) is 18.5 Å². The third kappa shape index (κ3) is 6.69. The average molecular weight is 584 g/mol. The minimum atomic E-state index is -5.29. The summed E-state index contributed by atoms with van der Waals surface area (Å²) < 4.78 is 44.3. The van der Waals surface area contributed by atoms with E-state index >= 15 is 0 Å². The lowest BCUT2D eigenvalue weighted by molar-refractivity contribution is -0.193. The molecule has 2 aliphatic rings. The summed E-state index contributed by atoms with van der Waals surface area (Å²) >= 11 is 0. The molecule has 1 aliphatic heterocycles. The second-order valence-corrected chi connectivity index (χ2v) is 11.5. The molecule has 1 unspecified atom stereocenters. The van der Waals surface area contributed by atoms with E-state index in [1.807, 2.05) is 34.9 Å². The lowest BCUT2D eigenvalue weighted by Crippen LogP contribution is -2.30. The van der Waals surface area contributed by atoms with Crippen LogP contribution in [-0.2, 0) is 20.9 Å². The largest absolute Gasteiger partial charge is 0.491 e. The van der Waals surface area contributed by atoms with Crippen molar-refractivity contribution in [3.63, 3.8) is 0 Å². The topological polar surface area (TPSA) is 80.6 Å². The molecular formula is C32H36F3N3O4. The van der Waals surface area contributed by atoms with Gasteiger partial charge in [-0.2, -0.15) is 13.2 Å². The van der Waals surface area contributed by atoms with E-state index < -0.39 is 18.1 Å². The van der Waals surface area contributed by atoms with Crippen LogP contribution in [0.15, 0.2) is 48.5 Å². The van der Waals surface area contributed by atoms with Crippen molar-refractivity contribution in [2.45, 2.75) is 63.6 Å². The number of carbonyl (C=O) groups excluding carboxylic acids is 3. The van der Waals surface area contributed by atoms with Crippen molar-refractivity contribution in [1.29, 1.82) is 0 Å². The van der Waals surface area contributed by atoms with Crippen molar-refractivity contribution in [1.82, 2.24) is 14.8 Å². The van der Waals surface area contributed by atoms with E-state index in [4.69, 9.17) is 0 Å². The molecule has 42 heavy (non-hydrogen) atoms. The van der Waals surface area contributed by atoms with Gasteiger partial charge in [-0.25, -0.2) is 9.59 Å². The third-order valence-electron chi connectivity index (χ3n) is 8.48. The summed E-state index contributed by atoms with van der Waals surface area (Å²) in [5.74, 6) is -3.38. The number of fused-ring (bicyclic) bond motifs is 1. The molecule has 1 aromatic heterocycles. The molecule has 3 aromatic rings. The number of nitrogens with one attached hydrogen (secondary N) is 1. The Balaban J connectivity index is 1.53. The van der Waals surface area contributed by atoms with E-state index in [0.29, 0.717) is 18.0 Å². The number of carbonyl (C=O) groups is 3. The maximum atomic E-state index is 13.3. The van der Waals surface area contributed by atoms with Gasteiger partial charge < -0.3 is 19.5 Å². The lowest BCUT2D eigenvalue weighted by Gasteiger charge is -2.23. The van der Waals surface area contributed by atoms with E-state index in [1.54, 1.807) is 6.07 Å². The maximum absolute atomic E-state index is 13.3. The van der Waals surface area contributed by atoms with Crippen LogP contribution in [0.25, 0.3) is 22.2 Å². The van der Waals surface area contributed by atoms with Crippen LogP contribution in [0.2, 0.25) is 0 Å². The predicted octanol–water partition coefficient (Wildman–Crippen LogP) is 6.06. The van der Waals surface area contributed by atoms with Crippen LogP contribution in [0.1, 0.15) is 66.8 Å². The van der Waals surface area contributed by atoms with Gasteiger partial charge in [-0.05, 0) is 74.4 Å². The smallest absolute Gasteiger partial charge is 0.383 e. The number of esters is 2. The van der Waals surface area contributed by atoms with E-state index in [1.165, 1.54) is 12.1 Å². The van der Waals surface area contributed by atoms with Crippen molar-refractivity contribution in [3.8, 4) is 11.3 Å². The van der Waals surface area contributed by atoms with E-state index in [9.17, 15) is 27.6 Å². The van der Waals surface area contributed by atoms with Crippen LogP contribution in [0.5, 0.6) is 0 Å². The molecule has 5 rings (SSSR count). The highest BCUT2D eigenvalue weighted by Crippen LogP contribution is 2.44. The summed E-state index contributed by atoms with van der Waals surface area (Å²) in [6.45, 7) is 2.58. The van der Waals surface area contributed by atoms with Crippen LogP contribution in [0.3, 0.4) is 0 Å². The minimum Gasteiger partial charge on any atom is -0.383 e. The third-order valence-corrected chi connectivity index (χ3v) is 8.48. The highest BCUT2D eigenvalue weighted by atomic mass is 19.4. The van der Waals surface area contributed by atoms with Gasteiger partial charge in [-0.1, -0.05) is 55.7 Å². The highest BCUT2D eigenvalue weighted by Gasteiger charge is 2.42. The number of nitrogens with zero attached hydrogens (tertiary/aromatic N) is 2. The zero-order valence-corrected chi connectivity index (χ0v) is 23.7. The van der Waals surface area contributed by atoms with Crippen LogP contribution < -0.4 is 5.32 Å². The molecule has 2 heterocycles. The number of hydrogen-bond acceptors (Lipinski definition) is 5. The second-order valence-electron chi connectivity index (χ2n) is 11.5. The molecule has 2 fully saturated rings. The monoisotopic (exact) mass is 583 g/mol. The van der Waals surface area contributed by atoms with Gasteiger partial charge in [0.2, 0.25) is 5.91 Å². The lowest BCUT2D eigenvalue weighted by atomic mass is 9.82. The number of ether oxygens (including phenoxy) is 1. The first-order valence-corrected chi connectivity index (χ1v) is 14.6. The van der Waals surface area contributed by atoms with Gasteiger partial charge in [0.25, 0.3) is 0 Å². The molecule has 0 radical (unpaired) electrons. The first-order chi connectivity index (χ1) is 20.1. The molecule has 1 aliphatic carbocycles. The molecule has 10 heteroatoms. The molecule has 2 aromatic carbocycles.